The molecule has 44 heavy (non-hydrogen) atoms. The van der Waals surface area contributed by atoms with E-state index in [1.165, 1.54) is 24.4 Å². The molecular formula is C29H35Cl2F2N7O4. The van der Waals surface area contributed by atoms with Crippen LogP contribution in [-0.2, 0) is 14.4 Å². The van der Waals surface area contributed by atoms with Gasteiger partial charge in [0, 0.05) is 18.0 Å². The lowest BCUT2D eigenvalue weighted by molar-refractivity contribution is -0.150. The molecule has 15 heteroatoms. The Balaban J connectivity index is 0.00000529. The average Bonchev–Trinajstić information content (AvgIpc) is 2.94. The number of methoxy groups -OCH3 is 1. The summed E-state index contributed by atoms with van der Waals surface area (Å²) in [6.07, 6.45) is 1.68. The summed E-state index contributed by atoms with van der Waals surface area (Å²) in [6.45, 7) is 7.56. The van der Waals surface area contributed by atoms with Crippen LogP contribution >= 0.6 is 24.0 Å². The molecule has 2 aromatic carbocycles. The molecule has 1 saturated heterocycles. The van der Waals surface area contributed by atoms with Crippen molar-refractivity contribution in [3.05, 3.63) is 47.2 Å². The number of hydrogen-bond donors (Lipinski definition) is 4. The first-order valence-electron chi connectivity index (χ1n) is 13.6. The monoisotopic (exact) mass is 653 g/mol. The molecule has 1 fully saturated rings. The quantitative estimate of drug-likeness (QED) is 0.249. The summed E-state index contributed by atoms with van der Waals surface area (Å²) in [7, 11) is 3.08. The highest BCUT2D eigenvalue weighted by Crippen LogP contribution is 2.35. The molecular weight excluding hydrogens is 619 g/mol. The molecule has 2 heterocycles. The number of nitrogens with zero attached hydrogens (tertiary/aromatic N) is 3. The minimum atomic E-state index is -0.990. The van der Waals surface area contributed by atoms with Gasteiger partial charge in [-0.25, -0.2) is 18.7 Å². The lowest BCUT2D eigenvalue weighted by atomic mass is 9.84. The molecule has 0 aliphatic carbocycles. The van der Waals surface area contributed by atoms with E-state index < -0.39 is 46.1 Å². The fraction of sp³-hybridized carbons (Fsp3) is 0.414. The molecule has 3 unspecified atom stereocenters. The van der Waals surface area contributed by atoms with Crippen molar-refractivity contribution >= 4 is 69.8 Å². The van der Waals surface area contributed by atoms with Crippen molar-refractivity contribution in [2.45, 2.75) is 52.2 Å². The third-order valence-electron chi connectivity index (χ3n) is 7.33. The summed E-state index contributed by atoms with van der Waals surface area (Å²) < 4.78 is 33.7. The van der Waals surface area contributed by atoms with E-state index in [0.29, 0.717) is 29.6 Å². The Kier molecular flexibility index (Phi) is 10.9. The number of aromatic nitrogens is 2. The van der Waals surface area contributed by atoms with Crippen molar-refractivity contribution in [2.24, 2.45) is 5.41 Å². The van der Waals surface area contributed by atoms with E-state index in [1.807, 2.05) is 20.8 Å². The molecule has 0 radical (unpaired) electrons. The van der Waals surface area contributed by atoms with Crippen LogP contribution in [0.15, 0.2) is 30.6 Å². The predicted molar refractivity (Wildman–Crippen MR) is 167 cm³/mol. The normalized spacial score (nSPS) is 15.8. The van der Waals surface area contributed by atoms with Gasteiger partial charge in [0.2, 0.25) is 17.7 Å². The lowest BCUT2D eigenvalue weighted by Crippen LogP contribution is -2.64. The number of nitrogens with one attached hydrogen (secondary N) is 4. The summed E-state index contributed by atoms with van der Waals surface area (Å²) in [5, 5.41) is 11.0. The molecule has 11 nitrogen and oxygen atoms in total. The summed E-state index contributed by atoms with van der Waals surface area (Å²) >= 11 is 5.72. The number of fused-ring (bicyclic) bond motifs is 1. The van der Waals surface area contributed by atoms with Gasteiger partial charge in [-0.1, -0.05) is 32.4 Å². The molecule has 238 valence electrons. The maximum Gasteiger partial charge on any atom is 0.247 e. The van der Waals surface area contributed by atoms with E-state index in [0.717, 1.165) is 6.07 Å². The number of likely N-dealkylation sites (N-methyl/N-ethyl adjacent to an activating group) is 1. The van der Waals surface area contributed by atoms with Crippen molar-refractivity contribution in [3.8, 4) is 5.75 Å². The van der Waals surface area contributed by atoms with Crippen LogP contribution in [0.4, 0.5) is 26.0 Å². The zero-order valence-corrected chi connectivity index (χ0v) is 26.6. The molecule has 0 spiro atoms. The molecule has 0 saturated carbocycles. The smallest absolute Gasteiger partial charge is 0.247 e. The van der Waals surface area contributed by atoms with Crippen LogP contribution in [0.25, 0.3) is 10.9 Å². The summed E-state index contributed by atoms with van der Waals surface area (Å²) in [5.74, 6) is -2.57. The first kappa shape index (κ1) is 34.7. The highest BCUT2D eigenvalue weighted by atomic mass is 35.5. The second-order valence-corrected chi connectivity index (χ2v) is 11.7. The molecule has 0 bridgehead atoms. The minimum absolute atomic E-state index is 0. The van der Waals surface area contributed by atoms with Gasteiger partial charge in [-0.15, -0.1) is 12.4 Å². The Morgan fingerprint density at radius 3 is 2.43 bits per heavy atom. The van der Waals surface area contributed by atoms with Crippen LogP contribution in [0, 0.1) is 17.0 Å². The number of halogens is 4. The van der Waals surface area contributed by atoms with E-state index >= 15 is 0 Å². The van der Waals surface area contributed by atoms with Crippen LogP contribution in [0.5, 0.6) is 5.75 Å². The van der Waals surface area contributed by atoms with Gasteiger partial charge in [0.05, 0.1) is 30.0 Å². The van der Waals surface area contributed by atoms with Crippen molar-refractivity contribution in [3.63, 3.8) is 0 Å². The van der Waals surface area contributed by atoms with Crippen molar-refractivity contribution in [1.82, 2.24) is 25.5 Å². The molecule has 1 aliphatic heterocycles. The number of carbonyl (C=O) groups is 3. The van der Waals surface area contributed by atoms with Crippen LogP contribution < -0.4 is 26.0 Å². The summed E-state index contributed by atoms with van der Waals surface area (Å²) in [5.41, 5.74) is -0.0454. The van der Waals surface area contributed by atoms with Crippen LogP contribution in [0.2, 0.25) is 5.02 Å². The van der Waals surface area contributed by atoms with Crippen LogP contribution in [-0.4, -0.2) is 71.4 Å². The number of hydrogen-bond acceptors (Lipinski definition) is 8. The molecule has 3 aromatic rings. The summed E-state index contributed by atoms with van der Waals surface area (Å²) in [4.78, 5) is 49.5. The molecule has 3 atom stereocenters. The van der Waals surface area contributed by atoms with Crippen LogP contribution in [0.3, 0.4) is 0 Å². The van der Waals surface area contributed by atoms with Crippen molar-refractivity contribution < 1.29 is 27.9 Å². The summed E-state index contributed by atoms with van der Waals surface area (Å²) in [6, 6.07) is 3.20. The second kappa shape index (κ2) is 13.9. The fourth-order valence-corrected chi connectivity index (χ4v) is 4.72. The van der Waals surface area contributed by atoms with Gasteiger partial charge in [-0.3, -0.25) is 14.4 Å². The molecule has 1 aliphatic rings. The van der Waals surface area contributed by atoms with Gasteiger partial charge < -0.3 is 30.9 Å². The molecule has 1 aromatic heterocycles. The Morgan fingerprint density at radius 1 is 1.14 bits per heavy atom. The SMILES string of the molecule is CNC(C)C(=O)NC(C(=O)N1CCC1C(=O)Nc1cc2c(Nc3ccc(F)c(Cl)c3F)ncnc2cc1OC)C(C)(C)C.Cl. The minimum Gasteiger partial charge on any atom is -0.494 e. The van der Waals surface area contributed by atoms with Gasteiger partial charge in [-0.2, -0.15) is 0 Å². The van der Waals surface area contributed by atoms with Crippen molar-refractivity contribution in [1.29, 1.82) is 0 Å². The lowest BCUT2D eigenvalue weighted by Gasteiger charge is -2.44. The number of benzene rings is 2. The molecule has 3 amide bonds. The first-order valence-corrected chi connectivity index (χ1v) is 14.0. The fourth-order valence-electron chi connectivity index (χ4n) is 4.55. The Bertz CT molecular complexity index is 1570. The van der Waals surface area contributed by atoms with Gasteiger partial charge in [0.1, 0.15) is 40.8 Å². The average molecular weight is 655 g/mol. The third-order valence-corrected chi connectivity index (χ3v) is 7.68. The number of ether oxygens (including phenoxy) is 1. The predicted octanol–water partition coefficient (Wildman–Crippen LogP) is 4.41. The van der Waals surface area contributed by atoms with Gasteiger partial charge >= 0.3 is 0 Å². The standard InChI is InChI=1S/C29H34ClF2N7O4.ClH/c1-14(33-5)26(40)38-24(29(2,3)4)28(42)39-10-9-20(39)27(41)37-19-11-15-18(12-21(19)43-6)34-13-35-25(15)36-17-8-7-16(31)22(30)23(17)32;/h7-8,11-14,20,24,33H,9-10H2,1-6H3,(H,37,41)(H,38,40)(H,34,35,36);1H. The number of likely N-dealkylation sites (tertiary alicyclic amines) is 1. The zero-order chi connectivity index (χ0) is 31.6. The van der Waals surface area contributed by atoms with E-state index in [2.05, 4.69) is 31.2 Å². The highest BCUT2D eigenvalue weighted by molar-refractivity contribution is 6.31. The van der Waals surface area contributed by atoms with Gasteiger partial charge in [0.15, 0.2) is 5.82 Å². The topological polar surface area (TPSA) is 138 Å². The highest BCUT2D eigenvalue weighted by Gasteiger charge is 2.44. The second-order valence-electron chi connectivity index (χ2n) is 11.3. The van der Waals surface area contributed by atoms with E-state index in [9.17, 15) is 23.2 Å². The Hall–Kier alpha value is -3.81. The number of anilines is 3. The van der Waals surface area contributed by atoms with E-state index in [1.54, 1.807) is 26.1 Å². The maximum atomic E-state index is 14.6. The van der Waals surface area contributed by atoms with Crippen molar-refractivity contribution in [2.75, 3.05) is 31.3 Å². The molecule has 4 rings (SSSR count). The zero-order valence-electron chi connectivity index (χ0n) is 25.0. The first-order chi connectivity index (χ1) is 20.3. The van der Waals surface area contributed by atoms with E-state index in [4.69, 9.17) is 16.3 Å². The molecule has 4 N–H and O–H groups in total. The number of carbonyl (C=O) groups excluding carboxylic acids is 3. The third kappa shape index (κ3) is 7.11. The van der Waals surface area contributed by atoms with Crippen LogP contribution in [0.1, 0.15) is 34.1 Å². The maximum absolute atomic E-state index is 14.6. The van der Waals surface area contributed by atoms with E-state index in [-0.39, 0.29) is 41.4 Å². The van der Waals surface area contributed by atoms with Gasteiger partial charge in [0.25, 0.3) is 0 Å². The number of amides is 3. The Morgan fingerprint density at radius 2 is 1.84 bits per heavy atom. The van der Waals surface area contributed by atoms with Gasteiger partial charge in [-0.05, 0) is 44.0 Å². The largest absolute Gasteiger partial charge is 0.494 e. The number of rotatable bonds is 9. The Labute approximate surface area is 264 Å².